The summed E-state index contributed by atoms with van der Waals surface area (Å²) in [5.41, 5.74) is 2.40. The number of nitrogens with one attached hydrogen (secondary N) is 2. The van der Waals surface area contributed by atoms with E-state index in [2.05, 4.69) is 20.6 Å². The number of aromatic nitrogens is 1. The molecule has 4 rings (SSSR count). The maximum Gasteiger partial charge on any atom is 0.338 e. The lowest BCUT2D eigenvalue weighted by Gasteiger charge is -2.13. The number of amides is 1. The van der Waals surface area contributed by atoms with E-state index in [0.29, 0.717) is 41.5 Å². The van der Waals surface area contributed by atoms with Gasteiger partial charge >= 0.3 is 5.97 Å². The number of ether oxygens (including phenoxy) is 3. The Morgan fingerprint density at radius 1 is 1.00 bits per heavy atom. The maximum atomic E-state index is 12.9. The van der Waals surface area contributed by atoms with E-state index in [0.717, 1.165) is 5.56 Å². The third kappa shape index (κ3) is 5.65. The molecule has 2 heterocycles. The summed E-state index contributed by atoms with van der Waals surface area (Å²) in [6.07, 6.45) is 3.36. The van der Waals surface area contributed by atoms with Crippen molar-refractivity contribution in [2.75, 3.05) is 18.7 Å². The molecule has 0 atom stereocenters. The van der Waals surface area contributed by atoms with Gasteiger partial charge in [0.25, 0.3) is 5.91 Å². The molecule has 33 heavy (non-hydrogen) atoms. The third-order valence-corrected chi connectivity index (χ3v) is 4.69. The molecule has 0 radical (unpaired) electrons. The molecule has 3 aromatic rings. The lowest BCUT2D eigenvalue weighted by atomic mass is 10.2. The third-order valence-electron chi connectivity index (χ3n) is 4.69. The van der Waals surface area contributed by atoms with Gasteiger partial charge in [0.05, 0.1) is 18.7 Å². The summed E-state index contributed by atoms with van der Waals surface area (Å²) >= 11 is 0. The van der Waals surface area contributed by atoms with Gasteiger partial charge in [-0.05, 0) is 67.1 Å². The molecule has 2 N–H and O–H groups in total. The number of guanidine groups is 1. The molecule has 9 nitrogen and oxygen atoms in total. The van der Waals surface area contributed by atoms with Crippen LogP contribution < -0.4 is 20.1 Å². The summed E-state index contributed by atoms with van der Waals surface area (Å²) in [4.78, 5) is 33.3. The predicted molar refractivity (Wildman–Crippen MR) is 121 cm³/mol. The highest BCUT2D eigenvalue weighted by molar-refractivity contribution is 6.10. The summed E-state index contributed by atoms with van der Waals surface area (Å²) < 4.78 is 15.7. The molecule has 0 fully saturated rings. The van der Waals surface area contributed by atoms with Crippen LogP contribution >= 0.6 is 0 Å². The van der Waals surface area contributed by atoms with Crippen LogP contribution in [0.3, 0.4) is 0 Å². The first-order valence-electron chi connectivity index (χ1n) is 10.3. The Balaban J connectivity index is 1.51. The van der Waals surface area contributed by atoms with Crippen molar-refractivity contribution in [3.63, 3.8) is 0 Å². The normalized spacial score (nSPS) is 12.2. The average molecular weight is 446 g/mol. The number of aliphatic imine (C=N–C) groups is 1. The second-order valence-corrected chi connectivity index (χ2v) is 6.97. The number of nitrogens with zero attached hydrogens (tertiary/aromatic N) is 2. The number of rotatable bonds is 6. The second-order valence-electron chi connectivity index (χ2n) is 6.97. The highest BCUT2D eigenvalue weighted by Gasteiger charge is 2.17. The Labute approximate surface area is 190 Å². The molecule has 0 spiro atoms. The predicted octanol–water partition coefficient (Wildman–Crippen LogP) is 3.39. The number of hydrogen-bond acceptors (Lipinski definition) is 7. The number of esters is 1. The molecule has 0 aliphatic carbocycles. The monoisotopic (exact) mass is 446 g/mol. The Morgan fingerprint density at radius 3 is 2.48 bits per heavy atom. The molecule has 0 unspecified atom stereocenters. The highest BCUT2D eigenvalue weighted by Crippen LogP contribution is 2.32. The minimum absolute atomic E-state index is 0.127. The Bertz CT molecular complexity index is 1160. The first-order chi connectivity index (χ1) is 16.1. The molecule has 0 bridgehead atoms. The smallest absolute Gasteiger partial charge is 0.338 e. The van der Waals surface area contributed by atoms with Gasteiger partial charge in [0.15, 0.2) is 11.5 Å². The molecular weight excluding hydrogens is 424 g/mol. The maximum absolute atomic E-state index is 12.9. The minimum atomic E-state index is -0.397. The van der Waals surface area contributed by atoms with Crippen LogP contribution in [0.4, 0.5) is 5.69 Å². The van der Waals surface area contributed by atoms with Crippen molar-refractivity contribution >= 4 is 23.5 Å². The van der Waals surface area contributed by atoms with E-state index in [1.807, 2.05) is 12.1 Å². The van der Waals surface area contributed by atoms with Crippen molar-refractivity contribution in [1.29, 1.82) is 0 Å². The lowest BCUT2D eigenvalue weighted by Crippen LogP contribution is -2.36. The van der Waals surface area contributed by atoms with Gasteiger partial charge in [-0.25, -0.2) is 9.79 Å². The number of anilines is 1. The zero-order valence-corrected chi connectivity index (χ0v) is 17.9. The SMILES string of the molecule is CCOC(=O)c1ccc(NC(=NCc2ccncc2)NC(=O)c2ccc3c(c2)OCO3)cc1. The van der Waals surface area contributed by atoms with Crippen molar-refractivity contribution in [2.24, 2.45) is 4.99 Å². The fraction of sp³-hybridized carbons (Fsp3) is 0.167. The standard InChI is InChI=1S/C24H22N4O5/c1-2-31-23(30)17-3-6-19(7-4-17)27-24(26-14-16-9-11-25-12-10-16)28-22(29)18-5-8-20-21(13-18)33-15-32-20/h3-13H,2,14-15H2,1H3,(H2,26,27,28,29). The molecule has 1 aromatic heterocycles. The quantitative estimate of drug-likeness (QED) is 0.339. The van der Waals surface area contributed by atoms with Crippen LogP contribution in [0.15, 0.2) is 72.0 Å². The van der Waals surface area contributed by atoms with E-state index in [1.165, 1.54) is 0 Å². The van der Waals surface area contributed by atoms with Gasteiger partial charge in [0, 0.05) is 23.6 Å². The number of pyridine rings is 1. The van der Waals surface area contributed by atoms with Crippen molar-refractivity contribution < 1.29 is 23.8 Å². The molecule has 0 saturated heterocycles. The first kappa shape index (κ1) is 21.8. The number of hydrogen-bond donors (Lipinski definition) is 2. The van der Waals surface area contributed by atoms with Crippen LogP contribution in [-0.4, -0.2) is 36.2 Å². The van der Waals surface area contributed by atoms with Crippen LogP contribution in [0, 0.1) is 0 Å². The number of fused-ring (bicyclic) bond motifs is 1. The van der Waals surface area contributed by atoms with Gasteiger partial charge in [-0.1, -0.05) is 0 Å². The molecule has 2 aromatic carbocycles. The zero-order valence-electron chi connectivity index (χ0n) is 17.9. The van der Waals surface area contributed by atoms with E-state index in [9.17, 15) is 9.59 Å². The molecule has 1 amide bonds. The molecule has 1 aliphatic heterocycles. The Kier molecular flexibility index (Phi) is 6.79. The number of benzene rings is 2. The summed E-state index contributed by atoms with van der Waals surface area (Å²) in [7, 11) is 0. The molecule has 168 valence electrons. The summed E-state index contributed by atoms with van der Waals surface area (Å²) in [5.74, 6) is 0.598. The van der Waals surface area contributed by atoms with E-state index < -0.39 is 5.97 Å². The lowest BCUT2D eigenvalue weighted by molar-refractivity contribution is 0.0526. The van der Waals surface area contributed by atoms with Crippen molar-refractivity contribution in [3.05, 3.63) is 83.7 Å². The second kappa shape index (κ2) is 10.3. The molecule has 9 heteroatoms. The van der Waals surface area contributed by atoms with Crippen LogP contribution in [0.2, 0.25) is 0 Å². The Hall–Kier alpha value is -4.40. The molecule has 1 aliphatic rings. The zero-order chi connectivity index (χ0) is 23.0. The van der Waals surface area contributed by atoms with E-state index in [4.69, 9.17) is 14.2 Å². The topological polar surface area (TPSA) is 111 Å². The van der Waals surface area contributed by atoms with Crippen molar-refractivity contribution in [1.82, 2.24) is 10.3 Å². The van der Waals surface area contributed by atoms with Gasteiger partial charge < -0.3 is 19.5 Å². The fourth-order valence-corrected chi connectivity index (χ4v) is 3.03. The van der Waals surface area contributed by atoms with Crippen LogP contribution in [-0.2, 0) is 11.3 Å². The van der Waals surface area contributed by atoms with Crippen LogP contribution in [0.1, 0.15) is 33.2 Å². The minimum Gasteiger partial charge on any atom is -0.462 e. The number of carbonyl (C=O) groups is 2. The van der Waals surface area contributed by atoms with Crippen molar-refractivity contribution in [3.8, 4) is 11.5 Å². The van der Waals surface area contributed by atoms with Gasteiger partial charge in [0.1, 0.15) is 0 Å². The summed E-state index contributed by atoms with van der Waals surface area (Å²) in [5, 5.41) is 5.89. The van der Waals surface area contributed by atoms with Crippen LogP contribution in [0.5, 0.6) is 11.5 Å². The van der Waals surface area contributed by atoms with E-state index in [-0.39, 0.29) is 18.7 Å². The summed E-state index contributed by atoms with van der Waals surface area (Å²) in [6.45, 7) is 2.51. The van der Waals surface area contributed by atoms with Gasteiger partial charge in [0.2, 0.25) is 12.8 Å². The van der Waals surface area contributed by atoms with Gasteiger partial charge in [-0.15, -0.1) is 0 Å². The van der Waals surface area contributed by atoms with Crippen molar-refractivity contribution in [2.45, 2.75) is 13.5 Å². The highest BCUT2D eigenvalue weighted by atomic mass is 16.7. The van der Waals surface area contributed by atoms with Gasteiger partial charge in [-0.2, -0.15) is 0 Å². The molecule has 0 saturated carbocycles. The molecular formula is C24H22N4O5. The average Bonchev–Trinajstić information content (AvgIpc) is 3.32. The van der Waals surface area contributed by atoms with E-state index >= 15 is 0 Å². The largest absolute Gasteiger partial charge is 0.462 e. The number of carbonyl (C=O) groups excluding carboxylic acids is 2. The van der Waals surface area contributed by atoms with E-state index in [1.54, 1.807) is 61.8 Å². The van der Waals surface area contributed by atoms with Gasteiger partial charge in [-0.3, -0.25) is 15.1 Å². The fourth-order valence-electron chi connectivity index (χ4n) is 3.03. The Morgan fingerprint density at radius 2 is 1.73 bits per heavy atom. The van der Waals surface area contributed by atoms with Crippen LogP contribution in [0.25, 0.3) is 0 Å². The first-order valence-corrected chi connectivity index (χ1v) is 10.3. The summed E-state index contributed by atoms with van der Waals surface area (Å²) in [6, 6.07) is 15.3.